The summed E-state index contributed by atoms with van der Waals surface area (Å²) < 4.78 is 0. The van der Waals surface area contributed by atoms with E-state index in [1.165, 1.54) is 38.5 Å². The molecular formula is C17H34O. The molecule has 1 fully saturated rings. The van der Waals surface area contributed by atoms with E-state index in [4.69, 9.17) is 0 Å². The summed E-state index contributed by atoms with van der Waals surface area (Å²) in [6.07, 6.45) is 8.66. The molecule has 2 unspecified atom stereocenters. The summed E-state index contributed by atoms with van der Waals surface area (Å²) in [7, 11) is 0. The van der Waals surface area contributed by atoms with E-state index in [-0.39, 0.29) is 6.10 Å². The summed E-state index contributed by atoms with van der Waals surface area (Å²) in [5, 5.41) is 10.4. The largest absolute Gasteiger partial charge is 0.393 e. The van der Waals surface area contributed by atoms with Gasteiger partial charge < -0.3 is 5.11 Å². The van der Waals surface area contributed by atoms with Crippen LogP contribution in [-0.4, -0.2) is 11.2 Å². The van der Waals surface area contributed by atoms with Crippen molar-refractivity contribution in [3.8, 4) is 0 Å². The van der Waals surface area contributed by atoms with Crippen LogP contribution in [0.4, 0.5) is 0 Å². The average molecular weight is 254 g/mol. The van der Waals surface area contributed by atoms with Gasteiger partial charge in [0, 0.05) is 0 Å². The highest BCUT2D eigenvalue weighted by Crippen LogP contribution is 2.35. The van der Waals surface area contributed by atoms with Crippen LogP contribution in [0.2, 0.25) is 0 Å². The molecule has 1 N–H and O–H groups in total. The predicted octanol–water partition coefficient (Wildman–Crippen LogP) is 5.03. The van der Waals surface area contributed by atoms with Crippen molar-refractivity contribution < 1.29 is 5.11 Å². The molecule has 0 aromatic carbocycles. The Balaban J connectivity index is 2.30. The molecule has 1 nitrogen and oxygen atoms in total. The van der Waals surface area contributed by atoms with Crippen molar-refractivity contribution in [2.75, 3.05) is 0 Å². The minimum Gasteiger partial charge on any atom is -0.393 e. The van der Waals surface area contributed by atoms with Gasteiger partial charge in [-0.05, 0) is 48.9 Å². The normalized spacial score (nSPS) is 29.0. The van der Waals surface area contributed by atoms with Gasteiger partial charge in [-0.15, -0.1) is 0 Å². The molecule has 1 rings (SSSR count). The topological polar surface area (TPSA) is 20.2 Å². The van der Waals surface area contributed by atoms with Crippen molar-refractivity contribution in [3.63, 3.8) is 0 Å². The van der Waals surface area contributed by atoms with Gasteiger partial charge in [0.25, 0.3) is 0 Å². The van der Waals surface area contributed by atoms with E-state index in [2.05, 4.69) is 34.6 Å². The molecule has 18 heavy (non-hydrogen) atoms. The highest BCUT2D eigenvalue weighted by atomic mass is 16.3. The average Bonchev–Trinajstić information content (AvgIpc) is 2.26. The van der Waals surface area contributed by atoms with Gasteiger partial charge in [0.2, 0.25) is 0 Å². The second-order valence-electron chi connectivity index (χ2n) is 7.86. The highest BCUT2D eigenvalue weighted by Gasteiger charge is 2.27. The Morgan fingerprint density at radius 3 is 2.11 bits per heavy atom. The van der Waals surface area contributed by atoms with Crippen LogP contribution in [0.3, 0.4) is 0 Å². The van der Waals surface area contributed by atoms with Crippen molar-refractivity contribution in [3.05, 3.63) is 0 Å². The van der Waals surface area contributed by atoms with Crippen LogP contribution in [-0.2, 0) is 0 Å². The lowest BCUT2D eigenvalue weighted by molar-refractivity contribution is 0.0496. The first kappa shape index (κ1) is 16.0. The lowest BCUT2D eigenvalue weighted by Gasteiger charge is -2.33. The lowest BCUT2D eigenvalue weighted by atomic mass is 9.75. The van der Waals surface area contributed by atoms with Crippen LogP contribution in [0.5, 0.6) is 0 Å². The Kier molecular flexibility index (Phi) is 6.17. The number of rotatable bonds is 5. The van der Waals surface area contributed by atoms with Gasteiger partial charge in [-0.1, -0.05) is 53.9 Å². The second kappa shape index (κ2) is 6.93. The standard InChI is InChI=1S/C17H34O/c1-6-14-7-9-15(10-8-14)16(18)11-13(2)12-17(3,4)5/h13-16,18H,6-12H2,1-5H3. The summed E-state index contributed by atoms with van der Waals surface area (Å²) >= 11 is 0. The van der Waals surface area contributed by atoms with Gasteiger partial charge >= 0.3 is 0 Å². The number of aliphatic hydroxyl groups excluding tert-OH is 1. The molecule has 108 valence electrons. The summed E-state index contributed by atoms with van der Waals surface area (Å²) in [5.41, 5.74) is 0.388. The Labute approximate surface area is 114 Å². The third-order valence-corrected chi connectivity index (χ3v) is 4.62. The van der Waals surface area contributed by atoms with Crippen molar-refractivity contribution in [2.24, 2.45) is 23.2 Å². The zero-order valence-electron chi connectivity index (χ0n) is 13.2. The van der Waals surface area contributed by atoms with Crippen LogP contribution in [0.1, 0.15) is 79.6 Å². The van der Waals surface area contributed by atoms with Crippen molar-refractivity contribution in [2.45, 2.75) is 85.7 Å². The molecule has 0 aromatic rings. The molecule has 1 aliphatic carbocycles. The van der Waals surface area contributed by atoms with E-state index in [0.29, 0.717) is 17.3 Å². The molecule has 1 aliphatic rings. The molecule has 0 aromatic heterocycles. The Hall–Kier alpha value is -0.0400. The zero-order valence-corrected chi connectivity index (χ0v) is 13.2. The van der Waals surface area contributed by atoms with E-state index in [9.17, 15) is 5.11 Å². The van der Waals surface area contributed by atoms with Crippen LogP contribution in [0.15, 0.2) is 0 Å². The first-order valence-corrected chi connectivity index (χ1v) is 8.00. The minimum absolute atomic E-state index is 0.0554. The third kappa shape index (κ3) is 5.73. The first-order valence-electron chi connectivity index (χ1n) is 8.00. The molecule has 0 saturated heterocycles. The van der Waals surface area contributed by atoms with Gasteiger partial charge in [-0.2, -0.15) is 0 Å². The van der Waals surface area contributed by atoms with E-state index in [1.54, 1.807) is 0 Å². The Morgan fingerprint density at radius 1 is 1.11 bits per heavy atom. The molecule has 0 heterocycles. The Bertz CT molecular complexity index is 220. The van der Waals surface area contributed by atoms with Gasteiger partial charge in [-0.25, -0.2) is 0 Å². The maximum absolute atomic E-state index is 10.4. The maximum Gasteiger partial charge on any atom is 0.0570 e. The van der Waals surface area contributed by atoms with Gasteiger partial charge in [0.1, 0.15) is 0 Å². The molecular weight excluding hydrogens is 220 g/mol. The van der Waals surface area contributed by atoms with Gasteiger partial charge in [-0.3, -0.25) is 0 Å². The second-order valence-corrected chi connectivity index (χ2v) is 7.86. The smallest absolute Gasteiger partial charge is 0.0570 e. The molecule has 0 radical (unpaired) electrons. The summed E-state index contributed by atoms with van der Waals surface area (Å²) in [4.78, 5) is 0. The summed E-state index contributed by atoms with van der Waals surface area (Å²) in [6, 6.07) is 0. The fourth-order valence-electron chi connectivity index (χ4n) is 3.71. The number of hydrogen-bond donors (Lipinski definition) is 1. The van der Waals surface area contributed by atoms with E-state index < -0.39 is 0 Å². The van der Waals surface area contributed by atoms with E-state index in [1.807, 2.05) is 0 Å². The molecule has 0 aliphatic heterocycles. The summed E-state index contributed by atoms with van der Waals surface area (Å²) in [6.45, 7) is 11.5. The maximum atomic E-state index is 10.4. The molecule has 0 spiro atoms. The third-order valence-electron chi connectivity index (χ3n) is 4.62. The quantitative estimate of drug-likeness (QED) is 0.730. The van der Waals surface area contributed by atoms with Crippen molar-refractivity contribution >= 4 is 0 Å². The molecule has 0 bridgehead atoms. The lowest BCUT2D eigenvalue weighted by Crippen LogP contribution is -2.28. The fraction of sp³-hybridized carbons (Fsp3) is 1.00. The monoisotopic (exact) mass is 254 g/mol. The minimum atomic E-state index is -0.0554. The van der Waals surface area contributed by atoms with Gasteiger partial charge in [0.15, 0.2) is 0 Å². The van der Waals surface area contributed by atoms with Crippen molar-refractivity contribution in [1.29, 1.82) is 0 Å². The van der Waals surface area contributed by atoms with Gasteiger partial charge in [0.05, 0.1) is 6.10 Å². The van der Waals surface area contributed by atoms with Crippen LogP contribution >= 0.6 is 0 Å². The molecule has 1 saturated carbocycles. The molecule has 1 heteroatoms. The van der Waals surface area contributed by atoms with E-state index >= 15 is 0 Å². The number of hydrogen-bond acceptors (Lipinski definition) is 1. The zero-order chi connectivity index (χ0) is 13.8. The summed E-state index contributed by atoms with van der Waals surface area (Å²) in [5.74, 6) is 2.15. The SMILES string of the molecule is CCC1CCC(C(O)CC(C)CC(C)(C)C)CC1. The predicted molar refractivity (Wildman–Crippen MR) is 79.6 cm³/mol. The van der Waals surface area contributed by atoms with Crippen LogP contribution in [0.25, 0.3) is 0 Å². The molecule has 2 atom stereocenters. The van der Waals surface area contributed by atoms with Crippen molar-refractivity contribution in [1.82, 2.24) is 0 Å². The van der Waals surface area contributed by atoms with Crippen LogP contribution in [0, 0.1) is 23.2 Å². The first-order chi connectivity index (χ1) is 8.31. The number of aliphatic hydroxyl groups is 1. The van der Waals surface area contributed by atoms with Crippen LogP contribution < -0.4 is 0 Å². The fourth-order valence-corrected chi connectivity index (χ4v) is 3.71. The van der Waals surface area contributed by atoms with E-state index in [0.717, 1.165) is 12.3 Å². The highest BCUT2D eigenvalue weighted by molar-refractivity contribution is 4.79. The Morgan fingerprint density at radius 2 is 1.67 bits per heavy atom. The molecule has 0 amide bonds.